The third-order valence-electron chi connectivity index (χ3n) is 4.64. The van der Waals surface area contributed by atoms with Crippen LogP contribution in [0.5, 0.6) is 0 Å². The SMILES string of the molecule is C/C(=C/N)c1ccc2c(c1)C(=O)N(c1ccc3c(ccn3OI)c1)C2. The van der Waals surface area contributed by atoms with Crippen molar-refractivity contribution in [2.75, 3.05) is 4.90 Å². The van der Waals surface area contributed by atoms with E-state index >= 15 is 0 Å². The Hall–Kier alpha value is -2.48. The summed E-state index contributed by atoms with van der Waals surface area (Å²) in [5, 5.41) is 1.03. The van der Waals surface area contributed by atoms with E-state index in [9.17, 15) is 4.79 Å². The second kappa shape index (κ2) is 6.11. The standard InChI is InChI=1S/C19H16IN3O2/c1-12(10-21)13-2-3-15-11-22(19(24)17(15)9-13)16-4-5-18-14(8-16)6-7-23(18)25-20/h2-10H,11,21H2,1H3/b12-10-. The molecule has 1 aliphatic rings. The topological polar surface area (TPSA) is 60.5 Å². The molecule has 126 valence electrons. The summed E-state index contributed by atoms with van der Waals surface area (Å²) in [5.74, 6) is 0.0191. The number of halogens is 1. The number of allylic oxidation sites excluding steroid dienone is 1. The number of amides is 1. The van der Waals surface area contributed by atoms with Crippen LogP contribution < -0.4 is 13.8 Å². The highest BCUT2D eigenvalue weighted by atomic mass is 127. The first-order chi connectivity index (χ1) is 12.1. The van der Waals surface area contributed by atoms with Gasteiger partial charge < -0.3 is 13.8 Å². The van der Waals surface area contributed by atoms with Crippen molar-refractivity contribution in [3.05, 3.63) is 71.6 Å². The number of fused-ring (bicyclic) bond motifs is 2. The number of hydrogen-bond donors (Lipinski definition) is 1. The van der Waals surface area contributed by atoms with Crippen molar-refractivity contribution in [2.24, 2.45) is 5.73 Å². The van der Waals surface area contributed by atoms with Crippen molar-refractivity contribution >= 4 is 51.1 Å². The van der Waals surface area contributed by atoms with Crippen molar-refractivity contribution < 1.29 is 7.96 Å². The van der Waals surface area contributed by atoms with Gasteiger partial charge in [-0.15, -0.1) is 0 Å². The van der Waals surface area contributed by atoms with Gasteiger partial charge in [-0.3, -0.25) is 4.79 Å². The molecule has 3 aromatic rings. The molecular weight excluding hydrogens is 429 g/mol. The van der Waals surface area contributed by atoms with Crippen molar-refractivity contribution in [3.63, 3.8) is 0 Å². The van der Waals surface area contributed by atoms with Gasteiger partial charge in [0, 0.05) is 22.8 Å². The monoisotopic (exact) mass is 445 g/mol. The molecule has 0 spiro atoms. The second-order valence-electron chi connectivity index (χ2n) is 6.07. The summed E-state index contributed by atoms with van der Waals surface area (Å²) in [6, 6.07) is 13.8. The lowest BCUT2D eigenvalue weighted by Crippen LogP contribution is -2.22. The Morgan fingerprint density at radius 2 is 2.08 bits per heavy atom. The van der Waals surface area contributed by atoms with Gasteiger partial charge in [0.1, 0.15) is 0 Å². The summed E-state index contributed by atoms with van der Waals surface area (Å²) in [7, 11) is 0. The van der Waals surface area contributed by atoms with Gasteiger partial charge in [-0.2, -0.15) is 4.73 Å². The third-order valence-corrected chi connectivity index (χ3v) is 5.07. The van der Waals surface area contributed by atoms with Gasteiger partial charge in [0.05, 0.1) is 12.1 Å². The largest absolute Gasteiger partial charge is 0.404 e. The van der Waals surface area contributed by atoms with E-state index in [2.05, 4.69) is 0 Å². The van der Waals surface area contributed by atoms with E-state index in [1.165, 1.54) is 0 Å². The molecule has 2 N–H and O–H groups in total. The normalized spacial score (nSPS) is 14.2. The molecule has 0 unspecified atom stereocenters. The number of carbonyl (C=O) groups excluding carboxylic acids is 1. The fourth-order valence-electron chi connectivity index (χ4n) is 3.18. The van der Waals surface area contributed by atoms with Gasteiger partial charge in [-0.1, -0.05) is 12.1 Å². The molecule has 2 heterocycles. The zero-order valence-electron chi connectivity index (χ0n) is 13.6. The van der Waals surface area contributed by atoms with E-state index < -0.39 is 0 Å². The van der Waals surface area contributed by atoms with E-state index in [1.807, 2.05) is 78.6 Å². The first-order valence-electron chi connectivity index (χ1n) is 7.86. The highest BCUT2D eigenvalue weighted by molar-refractivity contribution is 14.1. The second-order valence-corrected chi connectivity index (χ2v) is 6.46. The van der Waals surface area contributed by atoms with E-state index in [-0.39, 0.29) is 5.91 Å². The fourth-order valence-corrected chi connectivity index (χ4v) is 3.53. The number of nitrogens with two attached hydrogens (primary N) is 1. The first-order valence-corrected chi connectivity index (χ1v) is 8.74. The molecule has 0 atom stereocenters. The minimum absolute atomic E-state index is 0.0191. The van der Waals surface area contributed by atoms with E-state index in [1.54, 1.807) is 15.8 Å². The first kappa shape index (κ1) is 16.0. The lowest BCUT2D eigenvalue weighted by Gasteiger charge is -2.16. The summed E-state index contributed by atoms with van der Waals surface area (Å²) in [6.07, 6.45) is 3.42. The third kappa shape index (κ3) is 2.57. The van der Waals surface area contributed by atoms with Crippen LogP contribution in [-0.2, 0) is 6.54 Å². The summed E-state index contributed by atoms with van der Waals surface area (Å²) in [6.45, 7) is 2.52. The van der Waals surface area contributed by atoms with Gasteiger partial charge in [0.25, 0.3) is 5.91 Å². The van der Waals surface area contributed by atoms with Crippen molar-refractivity contribution in [3.8, 4) is 0 Å². The lowest BCUT2D eigenvalue weighted by atomic mass is 10.0. The predicted molar refractivity (Wildman–Crippen MR) is 107 cm³/mol. The number of nitrogens with zero attached hydrogens (tertiary/aromatic N) is 2. The molecule has 0 saturated carbocycles. The summed E-state index contributed by atoms with van der Waals surface area (Å²) in [5.41, 5.74) is 11.2. The fraction of sp³-hybridized carbons (Fsp3) is 0.105. The highest BCUT2D eigenvalue weighted by Gasteiger charge is 2.29. The molecule has 0 fully saturated rings. The Kier molecular flexibility index (Phi) is 3.91. The summed E-state index contributed by atoms with van der Waals surface area (Å²) < 4.78 is 6.93. The number of anilines is 1. The molecule has 1 amide bonds. The van der Waals surface area contributed by atoms with Crippen LogP contribution in [0.1, 0.15) is 28.4 Å². The summed E-state index contributed by atoms with van der Waals surface area (Å²) >= 11 is 1.84. The van der Waals surface area contributed by atoms with Gasteiger partial charge >= 0.3 is 0 Å². The zero-order chi connectivity index (χ0) is 17.6. The molecule has 1 aromatic heterocycles. The Balaban J connectivity index is 1.71. The molecule has 0 saturated heterocycles. The van der Waals surface area contributed by atoms with Gasteiger partial charge in [0.15, 0.2) is 0 Å². The maximum atomic E-state index is 12.9. The Morgan fingerprint density at radius 1 is 1.24 bits per heavy atom. The maximum Gasteiger partial charge on any atom is 0.258 e. The Bertz CT molecular complexity index is 1020. The molecule has 25 heavy (non-hydrogen) atoms. The van der Waals surface area contributed by atoms with Gasteiger partial charge in [-0.25, -0.2) is 0 Å². The number of aromatic nitrogens is 1. The van der Waals surface area contributed by atoms with Crippen LogP contribution in [-0.4, -0.2) is 10.6 Å². The zero-order valence-corrected chi connectivity index (χ0v) is 15.7. The van der Waals surface area contributed by atoms with Crippen LogP contribution in [0, 0.1) is 0 Å². The van der Waals surface area contributed by atoms with Crippen LogP contribution in [0.25, 0.3) is 16.5 Å². The van der Waals surface area contributed by atoms with E-state index in [4.69, 9.17) is 8.90 Å². The van der Waals surface area contributed by atoms with Crippen LogP contribution in [0.3, 0.4) is 0 Å². The Labute approximate surface area is 159 Å². The average molecular weight is 445 g/mol. The molecule has 0 aliphatic carbocycles. The van der Waals surface area contributed by atoms with Crippen LogP contribution in [0.2, 0.25) is 0 Å². The lowest BCUT2D eigenvalue weighted by molar-refractivity contribution is 0.0996. The van der Waals surface area contributed by atoms with Gasteiger partial charge in [0.2, 0.25) is 23.0 Å². The molecular formula is C19H16IN3O2. The number of benzene rings is 2. The molecule has 1 aliphatic heterocycles. The minimum Gasteiger partial charge on any atom is -0.404 e. The van der Waals surface area contributed by atoms with Crippen LogP contribution in [0.15, 0.2) is 54.9 Å². The van der Waals surface area contributed by atoms with Crippen LogP contribution >= 0.6 is 23.0 Å². The number of rotatable bonds is 3. The van der Waals surface area contributed by atoms with Gasteiger partial charge in [-0.05, 0) is 60.2 Å². The minimum atomic E-state index is 0.0191. The molecule has 5 nitrogen and oxygen atoms in total. The average Bonchev–Trinajstić information content (AvgIpc) is 3.21. The molecule has 6 heteroatoms. The quantitative estimate of drug-likeness (QED) is 0.623. The molecule has 4 rings (SSSR count). The van der Waals surface area contributed by atoms with E-state index in [0.717, 1.165) is 38.9 Å². The molecule has 2 aromatic carbocycles. The smallest absolute Gasteiger partial charge is 0.258 e. The van der Waals surface area contributed by atoms with Crippen LogP contribution in [0.4, 0.5) is 5.69 Å². The number of hydrogen-bond acceptors (Lipinski definition) is 3. The molecule has 0 bridgehead atoms. The predicted octanol–water partition coefficient (Wildman–Crippen LogP) is 3.90. The highest BCUT2D eigenvalue weighted by Crippen LogP contribution is 2.32. The Morgan fingerprint density at radius 3 is 2.84 bits per heavy atom. The van der Waals surface area contributed by atoms with Crippen molar-refractivity contribution in [1.82, 2.24) is 4.73 Å². The number of carbonyl (C=O) groups is 1. The van der Waals surface area contributed by atoms with E-state index in [0.29, 0.717) is 6.54 Å². The van der Waals surface area contributed by atoms with Crippen molar-refractivity contribution in [2.45, 2.75) is 13.5 Å². The molecule has 0 radical (unpaired) electrons. The maximum absolute atomic E-state index is 12.9. The van der Waals surface area contributed by atoms with Crippen molar-refractivity contribution in [1.29, 1.82) is 0 Å². The summed E-state index contributed by atoms with van der Waals surface area (Å²) in [4.78, 5) is 14.7.